The number of fused-ring (bicyclic) bond motifs is 1. The Kier molecular flexibility index (Phi) is 5.99. The summed E-state index contributed by atoms with van der Waals surface area (Å²) in [5, 5.41) is 3.51. The molecule has 1 atom stereocenters. The Balaban J connectivity index is 1.39. The van der Waals surface area contributed by atoms with Gasteiger partial charge in [-0.25, -0.2) is 0 Å². The van der Waals surface area contributed by atoms with Crippen LogP contribution >= 0.6 is 0 Å². The van der Waals surface area contributed by atoms with Crippen molar-refractivity contribution in [3.63, 3.8) is 0 Å². The van der Waals surface area contributed by atoms with Crippen molar-refractivity contribution >= 4 is 11.5 Å². The van der Waals surface area contributed by atoms with Gasteiger partial charge in [-0.2, -0.15) is 0 Å². The molecule has 0 amide bonds. The third-order valence-electron chi connectivity index (χ3n) is 5.97. The third-order valence-corrected chi connectivity index (χ3v) is 5.97. The lowest BCUT2D eigenvalue weighted by molar-refractivity contribution is 0.0680. The predicted molar refractivity (Wildman–Crippen MR) is 128 cm³/mol. The summed E-state index contributed by atoms with van der Waals surface area (Å²) >= 11 is 0. The van der Waals surface area contributed by atoms with Gasteiger partial charge in [0.05, 0.1) is 6.10 Å². The van der Waals surface area contributed by atoms with Crippen molar-refractivity contribution in [3.05, 3.63) is 89.8 Å². The van der Waals surface area contributed by atoms with Crippen LogP contribution in [0.3, 0.4) is 0 Å². The molecule has 5 nitrogen and oxygen atoms in total. The molecule has 5 heteroatoms. The molecule has 1 unspecified atom stereocenters. The molecule has 3 heterocycles. The first kappa shape index (κ1) is 20.5. The second-order valence-electron chi connectivity index (χ2n) is 8.11. The molecule has 0 bridgehead atoms. The largest absolute Gasteiger partial charge is 0.491 e. The molecule has 0 spiro atoms. The highest BCUT2D eigenvalue weighted by atomic mass is 16.5. The van der Waals surface area contributed by atoms with E-state index in [9.17, 15) is 0 Å². The highest BCUT2D eigenvalue weighted by Crippen LogP contribution is 2.29. The first-order valence-electron chi connectivity index (χ1n) is 11.1. The zero-order valence-corrected chi connectivity index (χ0v) is 18.3. The summed E-state index contributed by atoms with van der Waals surface area (Å²) in [6.07, 6.45) is 9.10. The van der Waals surface area contributed by atoms with Crippen LogP contribution in [0.15, 0.2) is 78.1 Å². The lowest BCUT2D eigenvalue weighted by Gasteiger charge is -2.15. The van der Waals surface area contributed by atoms with Gasteiger partial charge in [0.25, 0.3) is 0 Å². The number of hydrogen-bond acceptors (Lipinski definition) is 4. The monoisotopic (exact) mass is 425 g/mol. The molecule has 32 heavy (non-hydrogen) atoms. The molecule has 2 aliphatic rings. The normalized spacial score (nSPS) is 19.1. The highest BCUT2D eigenvalue weighted by Gasteiger charge is 2.18. The van der Waals surface area contributed by atoms with Gasteiger partial charge in [-0.15, -0.1) is 0 Å². The number of aliphatic imine (C=N–C) groups is 1. The van der Waals surface area contributed by atoms with Crippen LogP contribution in [-0.2, 0) is 11.2 Å². The van der Waals surface area contributed by atoms with Crippen LogP contribution in [-0.4, -0.2) is 37.2 Å². The zero-order valence-electron chi connectivity index (χ0n) is 18.3. The molecular formula is C27H27N3O2. The third kappa shape index (κ3) is 4.43. The van der Waals surface area contributed by atoms with E-state index in [1.165, 1.54) is 5.56 Å². The smallest absolute Gasteiger partial charge is 0.132 e. The molecule has 3 aromatic rings. The lowest BCUT2D eigenvalue weighted by atomic mass is 9.97. The molecule has 2 aliphatic heterocycles. The minimum atomic E-state index is 0.210. The van der Waals surface area contributed by atoms with Crippen LogP contribution < -0.4 is 10.1 Å². The predicted octanol–water partition coefficient (Wildman–Crippen LogP) is 4.87. The van der Waals surface area contributed by atoms with Gasteiger partial charge in [-0.3, -0.25) is 9.98 Å². The van der Waals surface area contributed by atoms with Crippen LogP contribution in [0.5, 0.6) is 5.75 Å². The first-order chi connectivity index (χ1) is 15.8. The fourth-order valence-electron chi connectivity index (χ4n) is 4.23. The van der Waals surface area contributed by atoms with E-state index < -0.39 is 0 Å². The van der Waals surface area contributed by atoms with Gasteiger partial charge in [0.15, 0.2) is 0 Å². The summed E-state index contributed by atoms with van der Waals surface area (Å²) < 4.78 is 11.7. The van der Waals surface area contributed by atoms with E-state index in [1.807, 2.05) is 31.4 Å². The number of aromatic nitrogens is 1. The summed E-state index contributed by atoms with van der Waals surface area (Å²) in [6.45, 7) is 1.45. The van der Waals surface area contributed by atoms with E-state index in [4.69, 9.17) is 9.47 Å². The Bertz CT molecular complexity index is 1150. The van der Waals surface area contributed by atoms with Crippen LogP contribution in [0.2, 0.25) is 0 Å². The average molecular weight is 426 g/mol. The first-order valence-corrected chi connectivity index (χ1v) is 11.1. The Labute approximate surface area is 188 Å². The average Bonchev–Trinajstić information content (AvgIpc) is 3.30. The number of amidine groups is 1. The van der Waals surface area contributed by atoms with Gasteiger partial charge in [0, 0.05) is 42.9 Å². The quantitative estimate of drug-likeness (QED) is 0.634. The van der Waals surface area contributed by atoms with Crippen LogP contribution in [0.25, 0.3) is 16.8 Å². The Morgan fingerprint density at radius 2 is 2.00 bits per heavy atom. The second kappa shape index (κ2) is 9.37. The maximum Gasteiger partial charge on any atom is 0.132 e. The van der Waals surface area contributed by atoms with Crippen molar-refractivity contribution in [1.29, 1.82) is 0 Å². The van der Waals surface area contributed by atoms with E-state index in [0.29, 0.717) is 6.61 Å². The molecule has 2 aromatic carbocycles. The number of benzene rings is 2. The Hall–Kier alpha value is -3.44. The molecule has 1 fully saturated rings. The maximum absolute atomic E-state index is 6.01. The molecule has 0 aliphatic carbocycles. The number of nitrogens with zero attached hydrogens (tertiary/aromatic N) is 2. The number of allylic oxidation sites excluding steroid dienone is 1. The zero-order chi connectivity index (χ0) is 21.8. The van der Waals surface area contributed by atoms with Crippen molar-refractivity contribution in [3.8, 4) is 16.9 Å². The second-order valence-corrected chi connectivity index (χ2v) is 8.11. The molecule has 162 valence electrons. The van der Waals surface area contributed by atoms with Gasteiger partial charge in [-0.05, 0) is 66.3 Å². The van der Waals surface area contributed by atoms with Gasteiger partial charge >= 0.3 is 0 Å². The van der Waals surface area contributed by atoms with E-state index >= 15 is 0 Å². The molecule has 0 radical (unpaired) electrons. The van der Waals surface area contributed by atoms with Crippen molar-refractivity contribution in [2.24, 2.45) is 4.99 Å². The van der Waals surface area contributed by atoms with Gasteiger partial charge in [0.1, 0.15) is 18.2 Å². The fourth-order valence-corrected chi connectivity index (χ4v) is 4.23. The molecule has 0 saturated carbocycles. The van der Waals surface area contributed by atoms with E-state index in [1.54, 1.807) is 6.20 Å². The molecular weight excluding hydrogens is 398 g/mol. The maximum atomic E-state index is 6.01. The van der Waals surface area contributed by atoms with Crippen LogP contribution in [0, 0.1) is 0 Å². The van der Waals surface area contributed by atoms with E-state index in [-0.39, 0.29) is 6.10 Å². The fraction of sp³-hybridized carbons (Fsp3) is 0.259. The Morgan fingerprint density at radius 1 is 1.09 bits per heavy atom. The number of rotatable bonds is 5. The highest BCUT2D eigenvalue weighted by molar-refractivity contribution is 6.06. The Morgan fingerprint density at radius 3 is 2.81 bits per heavy atom. The van der Waals surface area contributed by atoms with Gasteiger partial charge in [-0.1, -0.05) is 30.3 Å². The lowest BCUT2D eigenvalue weighted by Crippen LogP contribution is -2.22. The van der Waals surface area contributed by atoms with E-state index in [2.05, 4.69) is 57.8 Å². The molecule has 1 N–H and O–H groups in total. The summed E-state index contributed by atoms with van der Waals surface area (Å²) in [6, 6.07) is 18.9. The minimum Gasteiger partial charge on any atom is -0.491 e. The standard InChI is InChI=1S/C27H27N3O2/c1-28-27-25-16-21(20-5-2-7-23(15-20)32-18-24-8-4-14-31-24)10-9-19(25)11-12-26(30-27)22-6-3-13-29-17-22/h2-3,5-7,9-10,12-13,15-17,24H,4,8,11,14,18H2,1H3,(H,28,30). The number of pyridine rings is 1. The molecule has 1 aromatic heterocycles. The molecule has 5 rings (SSSR count). The molecule has 1 saturated heterocycles. The van der Waals surface area contributed by atoms with Gasteiger partial charge < -0.3 is 14.8 Å². The van der Waals surface area contributed by atoms with Crippen molar-refractivity contribution in [1.82, 2.24) is 10.3 Å². The number of ether oxygens (including phenoxy) is 2. The van der Waals surface area contributed by atoms with Gasteiger partial charge in [0.2, 0.25) is 0 Å². The topological polar surface area (TPSA) is 55.7 Å². The van der Waals surface area contributed by atoms with Crippen LogP contribution in [0.1, 0.15) is 29.5 Å². The number of hydrogen-bond donors (Lipinski definition) is 1. The SMILES string of the molecule is CN=C1NC(c2cccnc2)=CCc2ccc(-c3cccc(OCC4CCCO4)c3)cc21. The summed E-state index contributed by atoms with van der Waals surface area (Å²) in [5.74, 6) is 1.73. The van der Waals surface area contributed by atoms with Crippen LogP contribution in [0.4, 0.5) is 0 Å². The van der Waals surface area contributed by atoms with Crippen molar-refractivity contribution < 1.29 is 9.47 Å². The summed E-state index contributed by atoms with van der Waals surface area (Å²) in [4.78, 5) is 8.81. The summed E-state index contributed by atoms with van der Waals surface area (Å²) in [7, 11) is 1.82. The van der Waals surface area contributed by atoms with E-state index in [0.717, 1.165) is 65.4 Å². The summed E-state index contributed by atoms with van der Waals surface area (Å²) in [5.41, 5.74) is 6.70. The minimum absolute atomic E-state index is 0.210. The van der Waals surface area contributed by atoms with Crippen molar-refractivity contribution in [2.75, 3.05) is 20.3 Å². The number of nitrogens with one attached hydrogen (secondary N) is 1. The van der Waals surface area contributed by atoms with Crippen molar-refractivity contribution in [2.45, 2.75) is 25.4 Å².